The lowest BCUT2D eigenvalue weighted by Gasteiger charge is -2.17. The van der Waals surface area contributed by atoms with E-state index in [9.17, 15) is 18.8 Å². The van der Waals surface area contributed by atoms with Crippen LogP contribution >= 0.6 is 15.9 Å². The number of imide groups is 1. The Morgan fingerprint density at radius 3 is 2.48 bits per heavy atom. The molecule has 142 valence electrons. The summed E-state index contributed by atoms with van der Waals surface area (Å²) in [4.78, 5) is 35.7. The van der Waals surface area contributed by atoms with Gasteiger partial charge in [0.05, 0.1) is 0 Å². The molecule has 0 aliphatic heterocycles. The fourth-order valence-corrected chi connectivity index (χ4v) is 2.37. The molecule has 2 aromatic rings. The van der Waals surface area contributed by atoms with Crippen LogP contribution in [0.2, 0.25) is 0 Å². The molecule has 2 rings (SSSR count). The Hall–Kier alpha value is -2.94. The van der Waals surface area contributed by atoms with Crippen LogP contribution < -0.4 is 15.4 Å². The second-order valence-corrected chi connectivity index (χ2v) is 6.13. The van der Waals surface area contributed by atoms with Gasteiger partial charge in [-0.05, 0) is 18.2 Å². The molecule has 0 aliphatic rings. The van der Waals surface area contributed by atoms with E-state index < -0.39 is 36.4 Å². The Morgan fingerprint density at radius 2 is 1.85 bits per heavy atom. The molecule has 1 atom stereocenters. The summed E-state index contributed by atoms with van der Waals surface area (Å²) in [6.45, 7) is -0.616. The smallest absolute Gasteiger partial charge is 0.345 e. The number of carbonyl (C=O) groups excluding carboxylic acids is 3. The minimum Gasteiger partial charge on any atom is -0.479 e. The van der Waals surface area contributed by atoms with E-state index >= 15 is 0 Å². The Balaban J connectivity index is 2.06. The van der Waals surface area contributed by atoms with Crippen LogP contribution in [-0.4, -0.2) is 31.6 Å². The molecule has 0 heterocycles. The summed E-state index contributed by atoms with van der Waals surface area (Å²) in [5.41, 5.74) is 0.363. The van der Waals surface area contributed by atoms with Crippen molar-refractivity contribution in [3.8, 4) is 5.75 Å². The number of hydrogen-bond acceptors (Lipinski definition) is 5. The fourth-order valence-electron chi connectivity index (χ4n) is 2.04. The average Bonchev–Trinajstić information content (AvgIpc) is 2.65. The van der Waals surface area contributed by atoms with Crippen LogP contribution in [0.1, 0.15) is 11.7 Å². The van der Waals surface area contributed by atoms with Gasteiger partial charge in [0.25, 0.3) is 5.91 Å². The van der Waals surface area contributed by atoms with Crippen molar-refractivity contribution < 1.29 is 28.2 Å². The van der Waals surface area contributed by atoms with Gasteiger partial charge in [-0.1, -0.05) is 46.3 Å². The standard InChI is InChI=1S/C18H16BrFN2O5/c1-21-18(25)22-17(24)16(11-5-3-2-4-6-11)27-15(23)10-26-14-8-7-12(19)9-13(14)20/h2-9,16H,10H2,1H3,(H2,21,22,24,25). The summed E-state index contributed by atoms with van der Waals surface area (Å²) < 4.78 is 24.5. The molecule has 0 aliphatic carbocycles. The van der Waals surface area contributed by atoms with Gasteiger partial charge in [-0.3, -0.25) is 10.1 Å². The number of hydrogen-bond donors (Lipinski definition) is 2. The summed E-state index contributed by atoms with van der Waals surface area (Å²) in [7, 11) is 1.34. The predicted molar refractivity (Wildman–Crippen MR) is 97.5 cm³/mol. The zero-order valence-corrected chi connectivity index (χ0v) is 15.8. The minimum absolute atomic E-state index is 0.138. The van der Waals surface area contributed by atoms with Gasteiger partial charge in [-0.15, -0.1) is 0 Å². The third-order valence-corrected chi connectivity index (χ3v) is 3.79. The topological polar surface area (TPSA) is 93.7 Å². The maximum atomic E-state index is 13.7. The van der Waals surface area contributed by atoms with Crippen LogP contribution in [0, 0.1) is 5.82 Å². The number of halogens is 2. The first-order valence-corrected chi connectivity index (χ1v) is 8.55. The normalized spacial score (nSPS) is 11.2. The first kappa shape index (κ1) is 20.4. The maximum Gasteiger partial charge on any atom is 0.345 e. The van der Waals surface area contributed by atoms with Gasteiger partial charge < -0.3 is 14.8 Å². The SMILES string of the molecule is CNC(=O)NC(=O)C(OC(=O)COc1ccc(Br)cc1F)c1ccccc1. The molecule has 27 heavy (non-hydrogen) atoms. The van der Waals surface area contributed by atoms with Crippen LogP contribution in [0.15, 0.2) is 53.0 Å². The summed E-state index contributed by atoms with van der Waals surface area (Å²) in [6.07, 6.45) is -1.37. The van der Waals surface area contributed by atoms with Crippen molar-refractivity contribution in [1.29, 1.82) is 0 Å². The van der Waals surface area contributed by atoms with Crippen molar-refractivity contribution >= 4 is 33.8 Å². The third kappa shape index (κ3) is 6.07. The third-order valence-electron chi connectivity index (χ3n) is 3.29. The molecular formula is C18H16BrFN2O5. The monoisotopic (exact) mass is 438 g/mol. The molecule has 0 saturated heterocycles. The number of benzene rings is 2. The summed E-state index contributed by atoms with van der Waals surface area (Å²) in [6, 6.07) is 11.5. The highest BCUT2D eigenvalue weighted by Crippen LogP contribution is 2.22. The second-order valence-electron chi connectivity index (χ2n) is 5.21. The number of esters is 1. The van der Waals surface area contributed by atoms with E-state index in [2.05, 4.69) is 26.6 Å². The minimum atomic E-state index is -1.37. The predicted octanol–water partition coefficient (Wildman–Crippen LogP) is 2.71. The highest BCUT2D eigenvalue weighted by atomic mass is 79.9. The second kappa shape index (κ2) is 9.67. The lowest BCUT2D eigenvalue weighted by atomic mass is 10.1. The first-order valence-electron chi connectivity index (χ1n) is 7.75. The van der Waals surface area contributed by atoms with Gasteiger partial charge in [0.15, 0.2) is 18.2 Å². The molecule has 0 radical (unpaired) electrons. The fraction of sp³-hybridized carbons (Fsp3) is 0.167. The molecule has 1 unspecified atom stereocenters. The van der Waals surface area contributed by atoms with Crippen molar-refractivity contribution in [2.24, 2.45) is 0 Å². The highest BCUT2D eigenvalue weighted by Gasteiger charge is 2.26. The van der Waals surface area contributed by atoms with E-state index in [1.165, 1.54) is 19.2 Å². The maximum absolute atomic E-state index is 13.7. The number of urea groups is 1. The molecule has 7 nitrogen and oxygen atoms in total. The van der Waals surface area contributed by atoms with E-state index in [1.54, 1.807) is 36.4 Å². The lowest BCUT2D eigenvalue weighted by molar-refractivity contribution is -0.158. The molecule has 0 spiro atoms. The molecule has 9 heteroatoms. The van der Waals surface area contributed by atoms with Crippen molar-refractivity contribution in [1.82, 2.24) is 10.6 Å². The van der Waals surface area contributed by atoms with Crippen molar-refractivity contribution in [2.45, 2.75) is 6.10 Å². The molecule has 2 N–H and O–H groups in total. The van der Waals surface area contributed by atoms with Crippen LogP contribution in [0.3, 0.4) is 0 Å². The molecule has 0 bridgehead atoms. The van der Waals surface area contributed by atoms with Gasteiger partial charge in [-0.25, -0.2) is 14.0 Å². The van der Waals surface area contributed by atoms with Crippen LogP contribution in [0.4, 0.5) is 9.18 Å². The van der Waals surface area contributed by atoms with E-state index in [0.29, 0.717) is 10.0 Å². The summed E-state index contributed by atoms with van der Waals surface area (Å²) >= 11 is 3.11. The van der Waals surface area contributed by atoms with Crippen LogP contribution in [-0.2, 0) is 14.3 Å². The Labute approximate surface area is 163 Å². The van der Waals surface area contributed by atoms with E-state index in [-0.39, 0.29) is 5.75 Å². The van der Waals surface area contributed by atoms with E-state index in [1.807, 2.05) is 0 Å². The summed E-state index contributed by atoms with van der Waals surface area (Å²) in [5.74, 6) is -2.53. The quantitative estimate of drug-likeness (QED) is 0.676. The first-order chi connectivity index (χ1) is 12.9. The summed E-state index contributed by atoms with van der Waals surface area (Å²) in [5, 5.41) is 4.28. The molecule has 2 aromatic carbocycles. The zero-order chi connectivity index (χ0) is 19.8. The number of carbonyl (C=O) groups is 3. The van der Waals surface area contributed by atoms with Gasteiger partial charge in [0.2, 0.25) is 6.10 Å². The lowest BCUT2D eigenvalue weighted by Crippen LogP contribution is -2.41. The number of rotatable bonds is 6. The van der Waals surface area contributed by atoms with Gasteiger partial charge in [-0.2, -0.15) is 0 Å². The highest BCUT2D eigenvalue weighted by molar-refractivity contribution is 9.10. The Kier molecular flexibility index (Phi) is 7.30. The van der Waals surface area contributed by atoms with E-state index in [4.69, 9.17) is 9.47 Å². The molecule has 0 saturated carbocycles. The molecule has 0 aromatic heterocycles. The number of nitrogens with one attached hydrogen (secondary N) is 2. The van der Waals surface area contributed by atoms with Gasteiger partial charge in [0, 0.05) is 17.1 Å². The van der Waals surface area contributed by atoms with Crippen LogP contribution in [0.25, 0.3) is 0 Å². The molecule has 0 fully saturated rings. The van der Waals surface area contributed by atoms with Gasteiger partial charge >= 0.3 is 12.0 Å². The van der Waals surface area contributed by atoms with Crippen LogP contribution in [0.5, 0.6) is 5.75 Å². The van der Waals surface area contributed by atoms with E-state index in [0.717, 1.165) is 0 Å². The molecule has 3 amide bonds. The van der Waals surface area contributed by atoms with Crippen molar-refractivity contribution in [2.75, 3.05) is 13.7 Å². The number of ether oxygens (including phenoxy) is 2. The van der Waals surface area contributed by atoms with Gasteiger partial charge in [0.1, 0.15) is 0 Å². The molecular weight excluding hydrogens is 423 g/mol. The zero-order valence-electron chi connectivity index (χ0n) is 14.2. The van der Waals surface area contributed by atoms with Crippen molar-refractivity contribution in [3.05, 3.63) is 64.4 Å². The Bertz CT molecular complexity index is 832. The van der Waals surface area contributed by atoms with Crippen molar-refractivity contribution in [3.63, 3.8) is 0 Å². The average molecular weight is 439 g/mol. The largest absolute Gasteiger partial charge is 0.479 e. The number of amides is 3. The Morgan fingerprint density at radius 1 is 1.15 bits per heavy atom.